The van der Waals surface area contributed by atoms with Crippen LogP contribution in [0.4, 0.5) is 0 Å². The van der Waals surface area contributed by atoms with Crippen molar-refractivity contribution in [2.24, 2.45) is 28.1 Å². The molecule has 0 rings (SSSR count). The van der Waals surface area contributed by atoms with Crippen LogP contribution >= 0.6 is 0 Å². The molecule has 0 aliphatic heterocycles. The van der Waals surface area contributed by atoms with Crippen LogP contribution in [-0.2, 0) is 14.4 Å². The Morgan fingerprint density at radius 2 is 1.67 bits per heavy atom. The lowest BCUT2D eigenvalue weighted by atomic mass is 10.0. The number of aliphatic carboxylic acids is 1. The third-order valence-corrected chi connectivity index (χ3v) is 3.69. The van der Waals surface area contributed by atoms with Gasteiger partial charge in [0.05, 0.1) is 12.1 Å². The van der Waals surface area contributed by atoms with Gasteiger partial charge in [0, 0.05) is 6.54 Å². The number of aliphatic hydroxyl groups excluding tert-OH is 1. The zero-order valence-electron chi connectivity index (χ0n) is 16.0. The second-order valence-electron chi connectivity index (χ2n) is 6.81. The molecule has 0 aliphatic carbocycles. The van der Waals surface area contributed by atoms with E-state index in [0.29, 0.717) is 13.0 Å². The van der Waals surface area contributed by atoms with Crippen molar-refractivity contribution in [2.45, 2.75) is 64.3 Å². The number of hydrogen-bond acceptors (Lipinski definition) is 6. The van der Waals surface area contributed by atoms with Crippen LogP contribution in [0.1, 0.15) is 40.0 Å². The van der Waals surface area contributed by atoms with Gasteiger partial charge in [-0.05, 0) is 32.1 Å². The number of aliphatic imine (C=N–C) groups is 1. The van der Waals surface area contributed by atoms with Crippen LogP contribution in [0.2, 0.25) is 0 Å². The number of guanidine groups is 1. The molecule has 10 N–H and O–H groups in total. The molecule has 0 spiro atoms. The fourth-order valence-corrected chi connectivity index (χ4v) is 2.27. The summed E-state index contributed by atoms with van der Waals surface area (Å²) in [5.74, 6) is -2.65. The van der Waals surface area contributed by atoms with Crippen molar-refractivity contribution in [1.82, 2.24) is 10.6 Å². The first-order valence-corrected chi connectivity index (χ1v) is 8.78. The maximum Gasteiger partial charge on any atom is 0.326 e. The lowest BCUT2D eigenvalue weighted by Crippen LogP contribution is -2.58. The molecule has 0 saturated heterocycles. The molecule has 2 amide bonds. The molecule has 0 bridgehead atoms. The molecule has 11 nitrogen and oxygen atoms in total. The highest BCUT2D eigenvalue weighted by molar-refractivity contribution is 5.92. The van der Waals surface area contributed by atoms with Crippen molar-refractivity contribution < 1.29 is 24.6 Å². The monoisotopic (exact) mass is 388 g/mol. The minimum absolute atomic E-state index is 0.0321. The standard InChI is InChI=1S/C16H32N6O5/c1-8(2)7-11(15(26)27)21-14(25)12(9(3)23)22-13(24)10(17)5-4-6-20-16(18)19/h8-12,23H,4-7,17H2,1-3H3,(H,21,25)(H,22,24)(H,26,27)(H4,18,19,20)/t9-,10+,11+,12+/m1/s1. The van der Waals surface area contributed by atoms with Crippen LogP contribution in [0.3, 0.4) is 0 Å². The Kier molecular flexibility index (Phi) is 11.0. The SMILES string of the molecule is CC(C)C[C@H](NC(=O)[C@@H](NC(=O)[C@@H](N)CCCN=C(N)N)[C@@H](C)O)C(=O)O. The van der Waals surface area contributed by atoms with E-state index in [9.17, 15) is 24.6 Å². The number of nitrogens with zero attached hydrogens (tertiary/aromatic N) is 1. The smallest absolute Gasteiger partial charge is 0.326 e. The quantitative estimate of drug-likeness (QED) is 0.111. The fraction of sp³-hybridized carbons (Fsp3) is 0.750. The van der Waals surface area contributed by atoms with E-state index in [1.807, 2.05) is 13.8 Å². The summed E-state index contributed by atoms with van der Waals surface area (Å²) in [6, 6.07) is -3.38. The van der Waals surface area contributed by atoms with E-state index in [2.05, 4.69) is 15.6 Å². The number of carboxylic acids is 1. The van der Waals surface area contributed by atoms with E-state index in [1.165, 1.54) is 6.92 Å². The van der Waals surface area contributed by atoms with Gasteiger partial charge in [-0.15, -0.1) is 0 Å². The van der Waals surface area contributed by atoms with Crippen LogP contribution in [-0.4, -0.2) is 64.7 Å². The summed E-state index contributed by atoms with van der Waals surface area (Å²) < 4.78 is 0. The average Bonchev–Trinajstić information content (AvgIpc) is 2.54. The summed E-state index contributed by atoms with van der Waals surface area (Å²) in [7, 11) is 0. The van der Waals surface area contributed by atoms with Gasteiger partial charge in [0.2, 0.25) is 11.8 Å². The predicted molar refractivity (Wildman–Crippen MR) is 101 cm³/mol. The normalized spacial score (nSPS) is 15.3. The Morgan fingerprint density at radius 1 is 1.07 bits per heavy atom. The Balaban J connectivity index is 4.81. The summed E-state index contributed by atoms with van der Waals surface area (Å²) in [6.45, 7) is 5.25. The second-order valence-corrected chi connectivity index (χ2v) is 6.81. The molecule has 4 atom stereocenters. The van der Waals surface area contributed by atoms with Crippen molar-refractivity contribution in [3.8, 4) is 0 Å². The summed E-state index contributed by atoms with van der Waals surface area (Å²) in [6.07, 6.45) is -0.308. The fourth-order valence-electron chi connectivity index (χ4n) is 2.27. The van der Waals surface area contributed by atoms with Crippen molar-refractivity contribution in [3.63, 3.8) is 0 Å². The molecule has 0 aromatic heterocycles. The van der Waals surface area contributed by atoms with Gasteiger partial charge in [0.25, 0.3) is 0 Å². The van der Waals surface area contributed by atoms with Crippen LogP contribution in [0, 0.1) is 5.92 Å². The van der Waals surface area contributed by atoms with E-state index in [-0.39, 0.29) is 24.7 Å². The van der Waals surface area contributed by atoms with Crippen molar-refractivity contribution in [1.29, 1.82) is 0 Å². The number of carboxylic acid groups (broad SMARTS) is 1. The molecule has 0 fully saturated rings. The van der Waals surface area contributed by atoms with Gasteiger partial charge in [-0.2, -0.15) is 0 Å². The number of amides is 2. The maximum atomic E-state index is 12.3. The van der Waals surface area contributed by atoms with Crippen molar-refractivity contribution >= 4 is 23.7 Å². The van der Waals surface area contributed by atoms with Crippen LogP contribution in [0.5, 0.6) is 0 Å². The first kappa shape index (κ1) is 24.6. The molecule has 0 aromatic carbocycles. The number of hydrogen-bond donors (Lipinski definition) is 7. The molecule has 0 saturated carbocycles. The summed E-state index contributed by atoms with van der Waals surface area (Å²) in [4.78, 5) is 39.5. The zero-order valence-corrected chi connectivity index (χ0v) is 16.0. The number of carbonyl (C=O) groups excluding carboxylic acids is 2. The number of aliphatic hydroxyl groups is 1. The lowest BCUT2D eigenvalue weighted by molar-refractivity contribution is -0.143. The van der Waals surface area contributed by atoms with E-state index >= 15 is 0 Å². The van der Waals surface area contributed by atoms with Gasteiger partial charge in [-0.1, -0.05) is 13.8 Å². The molecule has 156 valence electrons. The summed E-state index contributed by atoms with van der Waals surface area (Å²) in [5, 5.41) is 23.7. The van der Waals surface area contributed by atoms with Gasteiger partial charge in [-0.25, -0.2) is 4.79 Å². The van der Waals surface area contributed by atoms with Crippen LogP contribution < -0.4 is 27.8 Å². The van der Waals surface area contributed by atoms with Gasteiger partial charge in [0.15, 0.2) is 5.96 Å². The largest absolute Gasteiger partial charge is 0.480 e. The van der Waals surface area contributed by atoms with Crippen molar-refractivity contribution in [3.05, 3.63) is 0 Å². The highest BCUT2D eigenvalue weighted by atomic mass is 16.4. The minimum atomic E-state index is -1.32. The Labute approximate surface area is 158 Å². The molecule has 11 heteroatoms. The molecule has 0 radical (unpaired) electrons. The second kappa shape index (κ2) is 12.1. The Hall–Kier alpha value is -2.40. The number of nitrogens with two attached hydrogens (primary N) is 3. The number of rotatable bonds is 12. The minimum Gasteiger partial charge on any atom is -0.480 e. The lowest BCUT2D eigenvalue weighted by Gasteiger charge is -2.25. The van der Waals surface area contributed by atoms with E-state index < -0.39 is 42.0 Å². The number of carbonyl (C=O) groups is 3. The summed E-state index contributed by atoms with van der Waals surface area (Å²) in [5.41, 5.74) is 16.2. The highest BCUT2D eigenvalue weighted by Crippen LogP contribution is 2.06. The molecule has 0 heterocycles. The van der Waals surface area contributed by atoms with Gasteiger partial charge >= 0.3 is 5.97 Å². The Morgan fingerprint density at radius 3 is 2.11 bits per heavy atom. The average molecular weight is 388 g/mol. The van der Waals surface area contributed by atoms with Gasteiger partial charge in [0.1, 0.15) is 12.1 Å². The molecular weight excluding hydrogens is 356 g/mol. The Bertz CT molecular complexity index is 533. The molecule has 0 aromatic rings. The van der Waals surface area contributed by atoms with E-state index in [4.69, 9.17) is 17.2 Å². The molecule has 27 heavy (non-hydrogen) atoms. The van der Waals surface area contributed by atoms with E-state index in [1.54, 1.807) is 0 Å². The molecular formula is C16H32N6O5. The molecule has 0 unspecified atom stereocenters. The topological polar surface area (TPSA) is 206 Å². The predicted octanol–water partition coefficient (Wildman–Crippen LogP) is -2.15. The first-order valence-electron chi connectivity index (χ1n) is 8.78. The number of nitrogens with one attached hydrogen (secondary N) is 2. The van der Waals surface area contributed by atoms with E-state index in [0.717, 1.165) is 0 Å². The van der Waals surface area contributed by atoms with Crippen LogP contribution in [0.15, 0.2) is 4.99 Å². The van der Waals surface area contributed by atoms with Gasteiger partial charge in [-0.3, -0.25) is 14.6 Å². The van der Waals surface area contributed by atoms with Gasteiger partial charge < -0.3 is 38.0 Å². The molecule has 0 aliphatic rings. The third-order valence-electron chi connectivity index (χ3n) is 3.69. The maximum absolute atomic E-state index is 12.3. The zero-order chi connectivity index (χ0) is 21.1. The van der Waals surface area contributed by atoms with Crippen molar-refractivity contribution in [2.75, 3.05) is 6.54 Å². The first-order chi connectivity index (χ1) is 12.5. The summed E-state index contributed by atoms with van der Waals surface area (Å²) >= 11 is 0. The van der Waals surface area contributed by atoms with Crippen LogP contribution in [0.25, 0.3) is 0 Å². The third kappa shape index (κ3) is 10.4. The highest BCUT2D eigenvalue weighted by Gasteiger charge is 2.31.